The van der Waals surface area contributed by atoms with Gasteiger partial charge in [-0.2, -0.15) is 4.98 Å². The van der Waals surface area contributed by atoms with E-state index in [0.717, 1.165) is 0 Å². The van der Waals surface area contributed by atoms with E-state index >= 15 is 0 Å². The summed E-state index contributed by atoms with van der Waals surface area (Å²) in [5.41, 5.74) is 0. The second-order valence-electron chi connectivity index (χ2n) is 4.05. The Hall–Kier alpha value is -1.37. The average Bonchev–Trinajstić information content (AvgIpc) is 2.28. The Morgan fingerprint density at radius 3 is 2.78 bits per heavy atom. The quantitative estimate of drug-likeness (QED) is 0.801. The molecular weight excluding hydrogens is 254 g/mol. The number of nitrogens with zero attached hydrogens (tertiary/aromatic N) is 2. The zero-order valence-corrected chi connectivity index (χ0v) is 11.7. The van der Waals surface area contributed by atoms with Gasteiger partial charge in [0.1, 0.15) is 0 Å². The molecule has 1 aromatic heterocycles. The van der Waals surface area contributed by atoms with E-state index in [9.17, 15) is 8.42 Å². The molecule has 1 N–H and O–H groups in total. The lowest BCUT2D eigenvalue weighted by atomic mass is 10.5. The van der Waals surface area contributed by atoms with E-state index in [2.05, 4.69) is 15.3 Å². The van der Waals surface area contributed by atoms with E-state index in [1.54, 1.807) is 19.2 Å². The van der Waals surface area contributed by atoms with Crippen LogP contribution in [-0.4, -0.2) is 42.5 Å². The van der Waals surface area contributed by atoms with E-state index in [-0.39, 0.29) is 17.6 Å². The molecule has 1 aromatic rings. The number of rotatable bonds is 7. The summed E-state index contributed by atoms with van der Waals surface area (Å²) in [6.07, 6.45) is 1.61. The molecule has 0 saturated heterocycles. The molecule has 1 heterocycles. The molecule has 6 nitrogen and oxygen atoms in total. The Morgan fingerprint density at radius 1 is 1.44 bits per heavy atom. The first-order valence-corrected chi connectivity index (χ1v) is 7.69. The number of sulfone groups is 1. The maximum Gasteiger partial charge on any atom is 0.225 e. The van der Waals surface area contributed by atoms with Crippen LogP contribution in [0.15, 0.2) is 12.3 Å². The summed E-state index contributed by atoms with van der Waals surface area (Å²) in [5, 5.41) is 2.87. The van der Waals surface area contributed by atoms with Crippen LogP contribution in [0.1, 0.15) is 20.8 Å². The molecule has 0 saturated carbocycles. The third kappa shape index (κ3) is 5.31. The number of anilines is 1. The molecule has 0 spiro atoms. The van der Waals surface area contributed by atoms with Crippen LogP contribution in [0.4, 0.5) is 5.95 Å². The largest absolute Gasteiger partial charge is 0.475 e. The fourth-order valence-corrected chi connectivity index (χ4v) is 1.90. The smallest absolute Gasteiger partial charge is 0.225 e. The van der Waals surface area contributed by atoms with Gasteiger partial charge >= 0.3 is 0 Å². The maximum atomic E-state index is 11.3. The van der Waals surface area contributed by atoms with Crippen LogP contribution in [0.3, 0.4) is 0 Å². The molecule has 102 valence electrons. The Morgan fingerprint density at radius 2 is 2.17 bits per heavy atom. The van der Waals surface area contributed by atoms with Crippen LogP contribution >= 0.6 is 0 Å². The summed E-state index contributed by atoms with van der Waals surface area (Å²) in [5.74, 6) is 1.06. The minimum atomic E-state index is -2.97. The van der Waals surface area contributed by atoms with Gasteiger partial charge in [-0.3, -0.25) is 0 Å². The van der Waals surface area contributed by atoms with Gasteiger partial charge < -0.3 is 10.1 Å². The molecule has 0 aliphatic carbocycles. The van der Waals surface area contributed by atoms with Gasteiger partial charge in [0.05, 0.1) is 11.9 Å². The van der Waals surface area contributed by atoms with E-state index < -0.39 is 9.84 Å². The van der Waals surface area contributed by atoms with Crippen LogP contribution in [0.5, 0.6) is 5.88 Å². The normalized spacial score (nSPS) is 11.6. The highest BCUT2D eigenvalue weighted by atomic mass is 32.2. The van der Waals surface area contributed by atoms with Gasteiger partial charge in [0.25, 0.3) is 0 Å². The summed E-state index contributed by atoms with van der Waals surface area (Å²) in [6, 6.07) is 1.66. The van der Waals surface area contributed by atoms with Crippen LogP contribution in [0, 0.1) is 0 Å². The standard InChI is InChI=1S/C11H19N3O3S/c1-4-18(15,16)8-7-13-11-12-6-5-10(14-11)17-9(2)3/h5-6,9H,4,7-8H2,1-3H3,(H,12,13,14). The van der Waals surface area contributed by atoms with Crippen molar-refractivity contribution in [2.24, 2.45) is 0 Å². The van der Waals surface area contributed by atoms with Crippen molar-refractivity contribution in [1.29, 1.82) is 0 Å². The molecule has 0 fully saturated rings. The molecule has 0 radical (unpaired) electrons. The second-order valence-corrected chi connectivity index (χ2v) is 6.52. The molecule has 0 unspecified atom stereocenters. The Labute approximate surface area is 108 Å². The summed E-state index contributed by atoms with van der Waals surface area (Å²) in [4.78, 5) is 8.11. The van der Waals surface area contributed by atoms with Crippen molar-refractivity contribution >= 4 is 15.8 Å². The van der Waals surface area contributed by atoms with Gasteiger partial charge in [-0.05, 0) is 13.8 Å². The zero-order chi connectivity index (χ0) is 13.6. The molecular formula is C11H19N3O3S. The van der Waals surface area contributed by atoms with E-state index in [0.29, 0.717) is 18.4 Å². The number of aromatic nitrogens is 2. The Balaban J connectivity index is 2.52. The van der Waals surface area contributed by atoms with Crippen LogP contribution in [0.25, 0.3) is 0 Å². The highest BCUT2D eigenvalue weighted by Gasteiger charge is 2.07. The molecule has 0 bridgehead atoms. The van der Waals surface area contributed by atoms with Crippen LogP contribution < -0.4 is 10.1 Å². The third-order valence-electron chi connectivity index (χ3n) is 2.12. The first kappa shape index (κ1) is 14.7. The van der Waals surface area contributed by atoms with Crippen molar-refractivity contribution < 1.29 is 13.2 Å². The van der Waals surface area contributed by atoms with Gasteiger partial charge in [-0.1, -0.05) is 6.92 Å². The second kappa shape index (κ2) is 6.53. The van der Waals surface area contributed by atoms with Crippen LogP contribution in [0.2, 0.25) is 0 Å². The monoisotopic (exact) mass is 273 g/mol. The molecule has 0 aromatic carbocycles. The molecule has 0 aliphatic heterocycles. The number of hydrogen-bond donors (Lipinski definition) is 1. The van der Waals surface area contributed by atoms with Crippen LogP contribution in [-0.2, 0) is 9.84 Å². The summed E-state index contributed by atoms with van der Waals surface area (Å²) in [6.45, 7) is 5.73. The molecule has 0 aliphatic rings. The van der Waals surface area contributed by atoms with Crippen molar-refractivity contribution in [3.05, 3.63) is 12.3 Å². The molecule has 1 rings (SSSR count). The minimum absolute atomic E-state index is 0.0354. The predicted molar refractivity (Wildman–Crippen MR) is 70.6 cm³/mol. The zero-order valence-electron chi connectivity index (χ0n) is 10.9. The van der Waals surface area contributed by atoms with E-state index in [1.165, 1.54) is 0 Å². The topological polar surface area (TPSA) is 81.2 Å². The van der Waals surface area contributed by atoms with Crippen molar-refractivity contribution in [3.63, 3.8) is 0 Å². The SMILES string of the molecule is CCS(=O)(=O)CCNc1nccc(OC(C)C)n1. The Kier molecular flexibility index (Phi) is 5.33. The summed E-state index contributed by atoms with van der Waals surface area (Å²) < 4.78 is 28.0. The third-order valence-corrected chi connectivity index (χ3v) is 3.83. The van der Waals surface area contributed by atoms with Crippen molar-refractivity contribution in [1.82, 2.24) is 9.97 Å². The molecule has 0 amide bonds. The predicted octanol–water partition coefficient (Wildman–Crippen LogP) is 1.11. The maximum absolute atomic E-state index is 11.3. The van der Waals surface area contributed by atoms with Gasteiger partial charge in [-0.15, -0.1) is 0 Å². The average molecular weight is 273 g/mol. The highest BCUT2D eigenvalue weighted by molar-refractivity contribution is 7.91. The summed E-state index contributed by atoms with van der Waals surface area (Å²) >= 11 is 0. The Bertz CT molecular complexity index is 474. The van der Waals surface area contributed by atoms with E-state index in [4.69, 9.17) is 4.74 Å². The van der Waals surface area contributed by atoms with E-state index in [1.807, 2.05) is 13.8 Å². The van der Waals surface area contributed by atoms with Crippen molar-refractivity contribution in [2.45, 2.75) is 26.9 Å². The minimum Gasteiger partial charge on any atom is -0.475 e. The highest BCUT2D eigenvalue weighted by Crippen LogP contribution is 2.09. The fourth-order valence-electron chi connectivity index (χ4n) is 1.20. The molecule has 18 heavy (non-hydrogen) atoms. The first-order chi connectivity index (χ1) is 8.43. The molecule has 7 heteroatoms. The van der Waals surface area contributed by atoms with Gasteiger partial charge in [-0.25, -0.2) is 13.4 Å². The number of ether oxygens (including phenoxy) is 1. The lowest BCUT2D eigenvalue weighted by molar-refractivity contribution is 0.232. The van der Waals surface area contributed by atoms with Crippen molar-refractivity contribution in [2.75, 3.05) is 23.4 Å². The summed E-state index contributed by atoms with van der Waals surface area (Å²) in [7, 11) is -2.97. The van der Waals surface area contributed by atoms with Gasteiger partial charge in [0, 0.05) is 24.6 Å². The molecule has 0 atom stereocenters. The van der Waals surface area contributed by atoms with Gasteiger partial charge in [0.2, 0.25) is 11.8 Å². The fraction of sp³-hybridized carbons (Fsp3) is 0.636. The first-order valence-electron chi connectivity index (χ1n) is 5.87. The lowest BCUT2D eigenvalue weighted by Gasteiger charge is -2.09. The number of nitrogens with one attached hydrogen (secondary N) is 1. The lowest BCUT2D eigenvalue weighted by Crippen LogP contribution is -2.18. The van der Waals surface area contributed by atoms with Crippen molar-refractivity contribution in [3.8, 4) is 5.88 Å². The number of hydrogen-bond acceptors (Lipinski definition) is 6. The van der Waals surface area contributed by atoms with Gasteiger partial charge in [0.15, 0.2) is 9.84 Å².